The van der Waals surface area contributed by atoms with Crippen LogP contribution in [0.15, 0.2) is 23.0 Å². The quantitative estimate of drug-likeness (QED) is 0.762. The largest absolute Gasteiger partial charge is 0.477 e. The van der Waals surface area contributed by atoms with E-state index in [0.717, 1.165) is 16.7 Å². The highest BCUT2D eigenvalue weighted by molar-refractivity contribution is 5.92. The summed E-state index contributed by atoms with van der Waals surface area (Å²) in [4.78, 5) is 23.6. The van der Waals surface area contributed by atoms with Gasteiger partial charge in [0.15, 0.2) is 5.43 Å². The van der Waals surface area contributed by atoms with Gasteiger partial charge in [0.1, 0.15) is 11.5 Å². The first-order valence-corrected chi connectivity index (χ1v) is 6.21. The molecular weight excluding hydrogens is 281 g/mol. The first-order chi connectivity index (χ1) is 9.86. The molecule has 0 saturated carbocycles. The Kier molecular flexibility index (Phi) is 4.06. The van der Waals surface area contributed by atoms with Gasteiger partial charge in [0.2, 0.25) is 0 Å². The number of hydrogen-bond donors (Lipinski definition) is 3. The molecule has 0 amide bonds. The van der Waals surface area contributed by atoms with Gasteiger partial charge in [-0.15, -0.1) is 0 Å². The molecule has 1 aromatic heterocycles. The molecule has 0 aliphatic rings. The van der Waals surface area contributed by atoms with Gasteiger partial charge >= 0.3 is 5.97 Å². The molecule has 1 atom stereocenters. The summed E-state index contributed by atoms with van der Waals surface area (Å²) in [5.74, 6) is -1.99. The zero-order chi connectivity index (χ0) is 15.7. The minimum Gasteiger partial charge on any atom is -0.477 e. The fourth-order valence-corrected chi connectivity index (χ4v) is 2.29. The molecule has 0 radical (unpaired) electrons. The fourth-order valence-electron chi connectivity index (χ4n) is 2.29. The van der Waals surface area contributed by atoms with Crippen molar-refractivity contribution in [3.05, 3.63) is 45.5 Å². The molecule has 3 N–H and O–H groups in total. The van der Waals surface area contributed by atoms with E-state index in [-0.39, 0.29) is 28.7 Å². The Hall–Kier alpha value is -2.25. The van der Waals surface area contributed by atoms with Crippen LogP contribution in [-0.4, -0.2) is 38.6 Å². The molecule has 0 aliphatic heterocycles. The summed E-state index contributed by atoms with van der Waals surface area (Å²) < 4.78 is 14.6. The third kappa shape index (κ3) is 2.65. The van der Waals surface area contributed by atoms with Gasteiger partial charge in [-0.3, -0.25) is 4.79 Å². The average molecular weight is 295 g/mol. The number of benzene rings is 1. The Balaban J connectivity index is 2.91. The number of pyridine rings is 1. The molecule has 0 aliphatic carbocycles. The molecule has 7 heteroatoms. The lowest BCUT2D eigenvalue weighted by Gasteiger charge is -2.18. The Morgan fingerprint density at radius 3 is 2.67 bits per heavy atom. The molecular formula is C14H14FNO5. The van der Waals surface area contributed by atoms with Crippen molar-refractivity contribution >= 4 is 16.9 Å². The van der Waals surface area contributed by atoms with Gasteiger partial charge in [-0.1, -0.05) is 0 Å². The van der Waals surface area contributed by atoms with Crippen LogP contribution < -0.4 is 5.43 Å². The molecule has 0 spiro atoms. The van der Waals surface area contributed by atoms with Crippen LogP contribution in [0.4, 0.5) is 4.39 Å². The second-order valence-electron chi connectivity index (χ2n) is 4.72. The van der Waals surface area contributed by atoms with E-state index < -0.39 is 29.9 Å². The normalized spacial score (nSPS) is 12.6. The van der Waals surface area contributed by atoms with Gasteiger partial charge in [0, 0.05) is 10.9 Å². The topological polar surface area (TPSA) is 99.8 Å². The summed E-state index contributed by atoms with van der Waals surface area (Å²) in [5.41, 5.74) is -0.773. The van der Waals surface area contributed by atoms with Crippen LogP contribution in [0.25, 0.3) is 10.9 Å². The molecule has 0 fully saturated rings. The monoisotopic (exact) mass is 295 g/mol. The van der Waals surface area contributed by atoms with E-state index in [2.05, 4.69) is 0 Å². The molecule has 6 nitrogen and oxygen atoms in total. The highest BCUT2D eigenvalue weighted by atomic mass is 19.1. The number of carboxylic acid groups (broad SMARTS) is 1. The average Bonchev–Trinajstić information content (AvgIpc) is 2.43. The van der Waals surface area contributed by atoms with Gasteiger partial charge in [-0.2, -0.15) is 0 Å². The number of carbonyl (C=O) groups is 1. The van der Waals surface area contributed by atoms with Crippen molar-refractivity contribution in [1.82, 2.24) is 4.57 Å². The van der Waals surface area contributed by atoms with E-state index >= 15 is 0 Å². The van der Waals surface area contributed by atoms with Crippen LogP contribution >= 0.6 is 0 Å². The van der Waals surface area contributed by atoms with E-state index in [0.29, 0.717) is 0 Å². The summed E-state index contributed by atoms with van der Waals surface area (Å²) >= 11 is 0. The Labute approximate surface area is 118 Å². The highest BCUT2D eigenvalue weighted by Crippen LogP contribution is 2.18. The van der Waals surface area contributed by atoms with Gasteiger partial charge < -0.3 is 19.9 Å². The fraction of sp³-hybridized carbons (Fsp3) is 0.286. The third-order valence-electron chi connectivity index (χ3n) is 3.27. The van der Waals surface area contributed by atoms with Gasteiger partial charge in [-0.05, 0) is 25.1 Å². The van der Waals surface area contributed by atoms with Crippen LogP contribution in [0.2, 0.25) is 0 Å². The molecule has 1 unspecified atom stereocenters. The maximum absolute atomic E-state index is 13.4. The Bertz CT molecular complexity index is 768. The lowest BCUT2D eigenvalue weighted by molar-refractivity contribution is 0.0654. The van der Waals surface area contributed by atoms with Crippen molar-refractivity contribution < 1.29 is 24.5 Å². The van der Waals surface area contributed by atoms with E-state index in [4.69, 9.17) is 5.11 Å². The number of aliphatic hydroxyl groups excluding tert-OH is 2. The van der Waals surface area contributed by atoms with E-state index in [1.807, 2.05) is 0 Å². The Morgan fingerprint density at radius 2 is 2.10 bits per heavy atom. The maximum Gasteiger partial charge on any atom is 0.352 e. The number of aliphatic hydroxyl groups is 2. The number of aromatic carboxylic acids is 1. The summed E-state index contributed by atoms with van der Waals surface area (Å²) in [5, 5.41) is 27.9. The van der Waals surface area contributed by atoms with Gasteiger partial charge in [0.25, 0.3) is 0 Å². The summed E-state index contributed by atoms with van der Waals surface area (Å²) in [6.07, 6.45) is -1.23. The number of hydrogen-bond acceptors (Lipinski definition) is 4. The second-order valence-corrected chi connectivity index (χ2v) is 4.72. The first kappa shape index (κ1) is 15.1. The highest BCUT2D eigenvalue weighted by Gasteiger charge is 2.21. The van der Waals surface area contributed by atoms with Crippen LogP contribution in [0.5, 0.6) is 0 Å². The van der Waals surface area contributed by atoms with Gasteiger partial charge in [-0.25, -0.2) is 9.18 Å². The van der Waals surface area contributed by atoms with Crippen molar-refractivity contribution in [3.8, 4) is 0 Å². The predicted octanol–water partition coefficient (Wildman–Crippen LogP) is 0.500. The van der Waals surface area contributed by atoms with Gasteiger partial charge in [0.05, 0.1) is 24.8 Å². The minimum atomic E-state index is -1.36. The van der Waals surface area contributed by atoms with E-state index in [1.165, 1.54) is 13.0 Å². The van der Waals surface area contributed by atoms with Crippen molar-refractivity contribution in [2.45, 2.75) is 19.6 Å². The van der Waals surface area contributed by atoms with Crippen molar-refractivity contribution in [1.29, 1.82) is 0 Å². The SMILES string of the molecule is Cc1c(C(=O)O)n(CC(O)CO)c2cc(F)ccc2c1=O. The summed E-state index contributed by atoms with van der Waals surface area (Å²) in [6.45, 7) is 0.511. The van der Waals surface area contributed by atoms with Crippen molar-refractivity contribution in [3.63, 3.8) is 0 Å². The molecule has 112 valence electrons. The summed E-state index contributed by atoms with van der Waals surface area (Å²) in [6, 6.07) is 3.41. The van der Waals surface area contributed by atoms with Crippen LogP contribution in [0, 0.1) is 12.7 Å². The summed E-state index contributed by atoms with van der Waals surface area (Å²) in [7, 11) is 0. The molecule has 21 heavy (non-hydrogen) atoms. The number of aromatic nitrogens is 1. The lowest BCUT2D eigenvalue weighted by atomic mass is 10.1. The van der Waals surface area contributed by atoms with Crippen LogP contribution in [0.1, 0.15) is 16.1 Å². The first-order valence-electron chi connectivity index (χ1n) is 6.21. The molecule has 0 saturated heterocycles. The Morgan fingerprint density at radius 1 is 1.43 bits per heavy atom. The molecule has 2 aromatic rings. The van der Waals surface area contributed by atoms with Crippen LogP contribution in [-0.2, 0) is 6.54 Å². The lowest BCUT2D eigenvalue weighted by Crippen LogP contribution is -2.28. The van der Waals surface area contributed by atoms with E-state index in [9.17, 15) is 24.2 Å². The molecule has 1 aromatic carbocycles. The zero-order valence-corrected chi connectivity index (χ0v) is 11.2. The third-order valence-corrected chi connectivity index (χ3v) is 3.27. The smallest absolute Gasteiger partial charge is 0.352 e. The number of carboxylic acids is 1. The van der Waals surface area contributed by atoms with E-state index in [1.54, 1.807) is 0 Å². The van der Waals surface area contributed by atoms with Crippen molar-refractivity contribution in [2.75, 3.05) is 6.61 Å². The number of nitrogens with zero attached hydrogens (tertiary/aromatic N) is 1. The number of fused-ring (bicyclic) bond motifs is 1. The maximum atomic E-state index is 13.4. The molecule has 0 bridgehead atoms. The molecule has 1 heterocycles. The predicted molar refractivity (Wildman–Crippen MR) is 73.0 cm³/mol. The number of rotatable bonds is 4. The van der Waals surface area contributed by atoms with Crippen molar-refractivity contribution in [2.24, 2.45) is 0 Å². The minimum absolute atomic E-state index is 0.00764. The second kappa shape index (κ2) is 5.63. The zero-order valence-electron chi connectivity index (χ0n) is 11.2. The number of halogens is 1. The molecule has 2 rings (SSSR count). The standard InChI is InChI=1S/C14H14FNO5/c1-7-12(14(20)21)16(5-9(18)6-17)11-4-8(15)2-3-10(11)13(7)19/h2-4,9,17-18H,5-6H2,1H3,(H,20,21). The van der Waals surface area contributed by atoms with Crippen LogP contribution in [0.3, 0.4) is 0 Å².